The highest BCUT2D eigenvalue weighted by molar-refractivity contribution is 6.04. The summed E-state index contributed by atoms with van der Waals surface area (Å²) in [5.74, 6) is 1.01. The number of hydrogen-bond donors (Lipinski definition) is 1. The number of amides is 1. The van der Waals surface area contributed by atoms with Crippen molar-refractivity contribution in [2.24, 2.45) is 0 Å². The number of anilines is 1. The first-order valence-corrected chi connectivity index (χ1v) is 8.13. The molecular formula is C19H20N4O3. The molecule has 134 valence electrons. The second kappa shape index (κ2) is 8.26. The Labute approximate surface area is 151 Å². The number of ether oxygens (including phenoxy) is 2. The number of carbonyl (C=O) groups excluding carboxylic acids is 1. The summed E-state index contributed by atoms with van der Waals surface area (Å²) in [5.41, 5.74) is 2.27. The molecule has 1 aromatic carbocycles. The summed E-state index contributed by atoms with van der Waals surface area (Å²) in [5, 5.41) is 7.06. The van der Waals surface area contributed by atoms with E-state index >= 15 is 0 Å². The van der Waals surface area contributed by atoms with Crippen molar-refractivity contribution in [3.05, 3.63) is 60.6 Å². The van der Waals surface area contributed by atoms with Crippen molar-refractivity contribution in [2.75, 3.05) is 26.1 Å². The summed E-state index contributed by atoms with van der Waals surface area (Å²) in [4.78, 5) is 16.7. The van der Waals surface area contributed by atoms with Gasteiger partial charge < -0.3 is 14.8 Å². The number of nitrogens with zero attached hydrogens (tertiary/aromatic N) is 3. The maximum absolute atomic E-state index is 12.5. The fraction of sp³-hybridized carbons (Fsp3) is 0.211. The molecule has 0 atom stereocenters. The quantitative estimate of drug-likeness (QED) is 0.707. The van der Waals surface area contributed by atoms with Gasteiger partial charge in [-0.05, 0) is 23.8 Å². The van der Waals surface area contributed by atoms with Gasteiger partial charge in [-0.3, -0.25) is 14.5 Å². The molecule has 2 aromatic heterocycles. The van der Waals surface area contributed by atoms with E-state index in [0.29, 0.717) is 24.5 Å². The summed E-state index contributed by atoms with van der Waals surface area (Å²) >= 11 is 0. The van der Waals surface area contributed by atoms with E-state index < -0.39 is 0 Å². The maximum Gasteiger partial charge on any atom is 0.258 e. The largest absolute Gasteiger partial charge is 0.497 e. The van der Waals surface area contributed by atoms with Crippen LogP contribution in [-0.2, 0) is 11.3 Å². The van der Waals surface area contributed by atoms with Crippen LogP contribution in [0.2, 0.25) is 0 Å². The average Bonchev–Trinajstić information content (AvgIpc) is 3.13. The molecule has 0 aliphatic rings. The fourth-order valence-corrected chi connectivity index (χ4v) is 2.43. The number of methoxy groups -OCH3 is 2. The molecule has 0 saturated heterocycles. The first kappa shape index (κ1) is 17.6. The van der Waals surface area contributed by atoms with E-state index in [4.69, 9.17) is 9.47 Å². The summed E-state index contributed by atoms with van der Waals surface area (Å²) in [6, 6.07) is 11.1. The van der Waals surface area contributed by atoms with Crippen molar-refractivity contribution in [1.29, 1.82) is 0 Å². The molecule has 0 spiro atoms. The SMILES string of the molecule is COCCn1ccc(NC(=O)c2cncc(-c3ccc(OC)cc3)c2)n1. The molecule has 2 heterocycles. The lowest BCUT2D eigenvalue weighted by molar-refractivity contribution is 0.102. The minimum absolute atomic E-state index is 0.259. The highest BCUT2D eigenvalue weighted by atomic mass is 16.5. The number of nitrogens with one attached hydrogen (secondary N) is 1. The van der Waals surface area contributed by atoms with Crippen molar-refractivity contribution in [1.82, 2.24) is 14.8 Å². The zero-order valence-corrected chi connectivity index (χ0v) is 14.7. The minimum atomic E-state index is -0.259. The molecule has 7 nitrogen and oxygen atoms in total. The topological polar surface area (TPSA) is 78.3 Å². The second-order valence-corrected chi connectivity index (χ2v) is 5.60. The number of benzene rings is 1. The number of aromatic nitrogens is 3. The Morgan fingerprint density at radius 1 is 1.12 bits per heavy atom. The molecular weight excluding hydrogens is 332 g/mol. The molecule has 1 amide bonds. The summed E-state index contributed by atoms with van der Waals surface area (Å²) in [6.45, 7) is 1.18. The third-order valence-corrected chi connectivity index (χ3v) is 3.83. The van der Waals surface area contributed by atoms with Crippen molar-refractivity contribution >= 4 is 11.7 Å². The molecule has 0 bridgehead atoms. The van der Waals surface area contributed by atoms with E-state index in [-0.39, 0.29) is 5.91 Å². The van der Waals surface area contributed by atoms with Crippen molar-refractivity contribution in [3.8, 4) is 16.9 Å². The number of rotatable bonds is 7. The van der Waals surface area contributed by atoms with Crippen LogP contribution in [-0.4, -0.2) is 41.5 Å². The van der Waals surface area contributed by atoms with Gasteiger partial charge in [-0.2, -0.15) is 5.10 Å². The highest BCUT2D eigenvalue weighted by Gasteiger charge is 2.10. The van der Waals surface area contributed by atoms with E-state index in [2.05, 4.69) is 15.4 Å². The van der Waals surface area contributed by atoms with Gasteiger partial charge in [0.1, 0.15) is 5.75 Å². The third-order valence-electron chi connectivity index (χ3n) is 3.83. The summed E-state index contributed by atoms with van der Waals surface area (Å²) < 4.78 is 11.9. The monoisotopic (exact) mass is 352 g/mol. The van der Waals surface area contributed by atoms with Gasteiger partial charge in [0.25, 0.3) is 5.91 Å². The molecule has 0 saturated carbocycles. The van der Waals surface area contributed by atoms with Crippen LogP contribution >= 0.6 is 0 Å². The molecule has 0 fully saturated rings. The van der Waals surface area contributed by atoms with Crippen LogP contribution in [0, 0.1) is 0 Å². The Hall–Kier alpha value is -3.19. The van der Waals surface area contributed by atoms with Gasteiger partial charge in [-0.25, -0.2) is 0 Å². The van der Waals surface area contributed by atoms with Crippen LogP contribution in [0.1, 0.15) is 10.4 Å². The fourth-order valence-electron chi connectivity index (χ4n) is 2.43. The second-order valence-electron chi connectivity index (χ2n) is 5.60. The van der Waals surface area contributed by atoms with Crippen LogP contribution in [0.25, 0.3) is 11.1 Å². The van der Waals surface area contributed by atoms with Crippen LogP contribution in [0.3, 0.4) is 0 Å². The predicted molar refractivity (Wildman–Crippen MR) is 98.3 cm³/mol. The van der Waals surface area contributed by atoms with Crippen LogP contribution in [0.5, 0.6) is 5.75 Å². The van der Waals surface area contributed by atoms with Gasteiger partial charge in [0.15, 0.2) is 5.82 Å². The maximum atomic E-state index is 12.5. The number of carbonyl (C=O) groups is 1. The Balaban J connectivity index is 1.72. The Bertz CT molecular complexity index is 875. The zero-order valence-electron chi connectivity index (χ0n) is 14.7. The van der Waals surface area contributed by atoms with Crippen LogP contribution in [0.4, 0.5) is 5.82 Å². The molecule has 7 heteroatoms. The van der Waals surface area contributed by atoms with Gasteiger partial charge in [-0.15, -0.1) is 0 Å². The van der Waals surface area contributed by atoms with Crippen molar-refractivity contribution in [2.45, 2.75) is 6.54 Å². The van der Waals surface area contributed by atoms with Crippen LogP contribution in [0.15, 0.2) is 55.0 Å². The van der Waals surface area contributed by atoms with Crippen LogP contribution < -0.4 is 10.1 Å². The minimum Gasteiger partial charge on any atom is -0.497 e. The van der Waals surface area contributed by atoms with Gasteiger partial charge >= 0.3 is 0 Å². The first-order chi connectivity index (χ1) is 12.7. The molecule has 0 radical (unpaired) electrons. The van der Waals surface area contributed by atoms with E-state index in [0.717, 1.165) is 16.9 Å². The highest BCUT2D eigenvalue weighted by Crippen LogP contribution is 2.22. The normalized spacial score (nSPS) is 10.5. The van der Waals surface area contributed by atoms with Gasteiger partial charge in [0.05, 0.1) is 25.8 Å². The van der Waals surface area contributed by atoms with Gasteiger partial charge in [0.2, 0.25) is 0 Å². The molecule has 0 aliphatic carbocycles. The lowest BCUT2D eigenvalue weighted by Crippen LogP contribution is -2.13. The summed E-state index contributed by atoms with van der Waals surface area (Å²) in [7, 11) is 3.26. The molecule has 0 unspecified atom stereocenters. The summed E-state index contributed by atoms with van der Waals surface area (Å²) in [6.07, 6.45) is 5.04. The van der Waals surface area contributed by atoms with Crippen molar-refractivity contribution in [3.63, 3.8) is 0 Å². The van der Waals surface area contributed by atoms with E-state index in [1.54, 1.807) is 43.4 Å². The van der Waals surface area contributed by atoms with Gasteiger partial charge in [-0.1, -0.05) is 12.1 Å². The molecule has 3 aromatic rings. The lowest BCUT2D eigenvalue weighted by atomic mass is 10.1. The zero-order chi connectivity index (χ0) is 18.4. The average molecular weight is 352 g/mol. The van der Waals surface area contributed by atoms with E-state index in [9.17, 15) is 4.79 Å². The smallest absolute Gasteiger partial charge is 0.258 e. The first-order valence-electron chi connectivity index (χ1n) is 8.13. The molecule has 0 aliphatic heterocycles. The Kier molecular flexibility index (Phi) is 5.60. The van der Waals surface area contributed by atoms with Gasteiger partial charge in [0, 0.05) is 37.3 Å². The lowest BCUT2D eigenvalue weighted by Gasteiger charge is -2.06. The predicted octanol–water partition coefficient (Wildman–Crippen LogP) is 2.85. The molecule has 1 N–H and O–H groups in total. The number of hydrogen-bond acceptors (Lipinski definition) is 5. The molecule has 3 rings (SSSR count). The van der Waals surface area contributed by atoms with E-state index in [1.165, 1.54) is 6.20 Å². The Morgan fingerprint density at radius 3 is 2.65 bits per heavy atom. The van der Waals surface area contributed by atoms with E-state index in [1.807, 2.05) is 24.3 Å². The standard InChI is InChI=1S/C19H20N4O3/c1-25-10-9-23-8-7-18(22-23)21-19(24)16-11-15(12-20-13-16)14-3-5-17(26-2)6-4-14/h3-8,11-13H,9-10H2,1-2H3,(H,21,22,24). The van der Waals surface area contributed by atoms with Crippen molar-refractivity contribution < 1.29 is 14.3 Å². The third kappa shape index (κ3) is 4.25. The Morgan fingerprint density at radius 2 is 1.92 bits per heavy atom. The number of pyridine rings is 1. The molecule has 26 heavy (non-hydrogen) atoms.